The summed E-state index contributed by atoms with van der Waals surface area (Å²) in [7, 11) is 0. The van der Waals surface area contributed by atoms with Crippen LogP contribution in [0.15, 0.2) is 11.6 Å². The van der Waals surface area contributed by atoms with Crippen molar-refractivity contribution in [2.24, 2.45) is 23.2 Å². The number of carbonyl (C=O) groups is 2. The smallest absolute Gasteiger partial charge is 0.225 e. The Balaban J connectivity index is 1.84. The van der Waals surface area contributed by atoms with Crippen LogP contribution < -0.4 is 5.32 Å². The summed E-state index contributed by atoms with van der Waals surface area (Å²) in [6.45, 7) is 13.9. The number of rotatable bonds is 4. The lowest BCUT2D eigenvalue weighted by molar-refractivity contribution is -0.135. The fraction of sp³-hybridized carbons (Fsp3) is 0.789. The largest absolute Gasteiger partial charge is 0.353 e. The van der Waals surface area contributed by atoms with Crippen molar-refractivity contribution >= 4 is 11.8 Å². The van der Waals surface area contributed by atoms with Gasteiger partial charge in [0.05, 0.1) is 5.92 Å². The number of nitrogens with zero attached hydrogens (tertiary/aromatic N) is 1. The van der Waals surface area contributed by atoms with Crippen molar-refractivity contribution in [3.8, 4) is 0 Å². The molecule has 0 radical (unpaired) electrons. The summed E-state index contributed by atoms with van der Waals surface area (Å²) < 4.78 is 0. The molecule has 0 aromatic rings. The SMILES string of the molecule is CC(C)=C[C@@H]1[C@H](C(=O)NC2CCN(C(=O)C(C)C)CC2)C1(C)C. The van der Waals surface area contributed by atoms with Crippen molar-refractivity contribution in [2.45, 2.75) is 60.4 Å². The standard InChI is InChI=1S/C19H32N2O2/c1-12(2)11-15-16(19(15,5)6)17(22)20-14-7-9-21(10-8-14)18(23)13(3)4/h11,13-16H,7-10H2,1-6H3,(H,20,22)/t15-,16-/m1/s1. The minimum absolute atomic E-state index is 0.0539. The number of nitrogens with one attached hydrogen (secondary N) is 1. The first kappa shape index (κ1) is 18.0. The van der Waals surface area contributed by atoms with Gasteiger partial charge >= 0.3 is 0 Å². The number of hydrogen-bond donors (Lipinski definition) is 1. The summed E-state index contributed by atoms with van der Waals surface area (Å²) >= 11 is 0. The van der Waals surface area contributed by atoms with E-state index in [1.54, 1.807) is 0 Å². The molecule has 2 aliphatic rings. The summed E-state index contributed by atoms with van der Waals surface area (Å²) in [5.41, 5.74) is 1.34. The van der Waals surface area contributed by atoms with Gasteiger partial charge < -0.3 is 10.2 Å². The topological polar surface area (TPSA) is 49.4 Å². The van der Waals surface area contributed by atoms with Crippen molar-refractivity contribution in [3.05, 3.63) is 11.6 Å². The lowest BCUT2D eigenvalue weighted by Gasteiger charge is -2.33. The predicted octanol–water partition coefficient (Wildman–Crippen LogP) is 2.99. The monoisotopic (exact) mass is 320 g/mol. The third-order valence-electron chi connectivity index (χ3n) is 5.35. The van der Waals surface area contributed by atoms with Gasteiger partial charge in [0, 0.05) is 25.0 Å². The molecule has 130 valence electrons. The van der Waals surface area contributed by atoms with Crippen LogP contribution in [0.2, 0.25) is 0 Å². The molecule has 1 N–H and O–H groups in total. The van der Waals surface area contributed by atoms with Crippen molar-refractivity contribution in [1.82, 2.24) is 10.2 Å². The predicted molar refractivity (Wildman–Crippen MR) is 92.8 cm³/mol. The molecule has 2 atom stereocenters. The zero-order valence-corrected chi connectivity index (χ0v) is 15.5. The van der Waals surface area contributed by atoms with Gasteiger partial charge in [0.15, 0.2) is 0 Å². The Kier molecular flexibility index (Phi) is 5.22. The van der Waals surface area contributed by atoms with Gasteiger partial charge in [-0.25, -0.2) is 0 Å². The molecule has 2 fully saturated rings. The molecule has 1 aliphatic heterocycles. The molecule has 1 heterocycles. The molecule has 4 nitrogen and oxygen atoms in total. The van der Waals surface area contributed by atoms with E-state index in [9.17, 15) is 9.59 Å². The van der Waals surface area contributed by atoms with Crippen LogP contribution in [0.4, 0.5) is 0 Å². The van der Waals surface area contributed by atoms with Gasteiger partial charge in [-0.3, -0.25) is 9.59 Å². The van der Waals surface area contributed by atoms with Crippen LogP contribution >= 0.6 is 0 Å². The van der Waals surface area contributed by atoms with Crippen LogP contribution in [0.3, 0.4) is 0 Å². The molecule has 0 aromatic heterocycles. The van der Waals surface area contributed by atoms with Gasteiger partial charge in [-0.15, -0.1) is 0 Å². The quantitative estimate of drug-likeness (QED) is 0.810. The second-order valence-corrected chi connectivity index (χ2v) is 8.33. The Hall–Kier alpha value is -1.32. The van der Waals surface area contributed by atoms with Gasteiger partial charge in [0.1, 0.15) is 0 Å². The van der Waals surface area contributed by atoms with Crippen LogP contribution in [0, 0.1) is 23.2 Å². The first-order valence-electron chi connectivity index (χ1n) is 8.88. The van der Waals surface area contributed by atoms with E-state index in [2.05, 4.69) is 39.1 Å². The van der Waals surface area contributed by atoms with Gasteiger partial charge in [-0.05, 0) is 38.0 Å². The zero-order valence-electron chi connectivity index (χ0n) is 15.5. The average molecular weight is 320 g/mol. The van der Waals surface area contributed by atoms with E-state index in [-0.39, 0.29) is 35.1 Å². The van der Waals surface area contributed by atoms with Crippen LogP contribution in [-0.4, -0.2) is 35.8 Å². The first-order chi connectivity index (χ1) is 10.6. The average Bonchev–Trinajstić information content (AvgIpc) is 2.99. The minimum Gasteiger partial charge on any atom is -0.353 e. The Morgan fingerprint density at radius 3 is 2.22 bits per heavy atom. The second-order valence-electron chi connectivity index (χ2n) is 8.33. The normalized spacial score (nSPS) is 26.8. The molecule has 0 aromatic carbocycles. The summed E-state index contributed by atoms with van der Waals surface area (Å²) in [4.78, 5) is 26.5. The molecule has 0 unspecified atom stereocenters. The van der Waals surface area contributed by atoms with E-state index in [4.69, 9.17) is 0 Å². The first-order valence-corrected chi connectivity index (χ1v) is 8.88. The summed E-state index contributed by atoms with van der Waals surface area (Å²) in [5, 5.41) is 3.22. The Bertz CT molecular complexity index is 495. The van der Waals surface area contributed by atoms with Crippen LogP contribution in [0.1, 0.15) is 54.4 Å². The Morgan fingerprint density at radius 1 is 1.17 bits per heavy atom. The van der Waals surface area contributed by atoms with Crippen LogP contribution in [0.5, 0.6) is 0 Å². The molecule has 23 heavy (non-hydrogen) atoms. The van der Waals surface area contributed by atoms with E-state index in [0.717, 1.165) is 25.9 Å². The summed E-state index contributed by atoms with van der Waals surface area (Å²) in [5.74, 6) is 0.911. The highest BCUT2D eigenvalue weighted by Gasteiger charge is 2.60. The van der Waals surface area contributed by atoms with E-state index in [0.29, 0.717) is 5.92 Å². The highest BCUT2D eigenvalue weighted by Crippen LogP contribution is 2.59. The lowest BCUT2D eigenvalue weighted by atomic mass is 10.0. The van der Waals surface area contributed by atoms with Crippen molar-refractivity contribution < 1.29 is 9.59 Å². The Labute approximate surface area is 140 Å². The minimum atomic E-state index is 0.0539. The number of carbonyl (C=O) groups excluding carboxylic acids is 2. The van der Waals surface area contributed by atoms with Crippen LogP contribution in [-0.2, 0) is 9.59 Å². The third-order valence-corrected chi connectivity index (χ3v) is 5.35. The molecule has 2 rings (SSSR count). The number of hydrogen-bond acceptors (Lipinski definition) is 2. The molecule has 0 bridgehead atoms. The number of allylic oxidation sites excluding steroid dienone is 2. The highest BCUT2D eigenvalue weighted by atomic mass is 16.2. The van der Waals surface area contributed by atoms with Gasteiger partial charge in [0.25, 0.3) is 0 Å². The van der Waals surface area contributed by atoms with E-state index < -0.39 is 0 Å². The van der Waals surface area contributed by atoms with Crippen molar-refractivity contribution in [1.29, 1.82) is 0 Å². The van der Waals surface area contributed by atoms with E-state index in [1.807, 2.05) is 18.7 Å². The lowest BCUT2D eigenvalue weighted by Crippen LogP contribution is -2.48. The van der Waals surface area contributed by atoms with Crippen molar-refractivity contribution in [3.63, 3.8) is 0 Å². The fourth-order valence-corrected chi connectivity index (χ4v) is 3.75. The van der Waals surface area contributed by atoms with Gasteiger partial charge in [0.2, 0.25) is 11.8 Å². The Morgan fingerprint density at radius 2 is 1.74 bits per heavy atom. The summed E-state index contributed by atoms with van der Waals surface area (Å²) in [6.07, 6.45) is 3.96. The van der Waals surface area contributed by atoms with Crippen molar-refractivity contribution in [2.75, 3.05) is 13.1 Å². The maximum atomic E-state index is 12.6. The number of piperidine rings is 1. The third kappa shape index (κ3) is 3.96. The number of amides is 2. The maximum Gasteiger partial charge on any atom is 0.225 e. The van der Waals surface area contributed by atoms with E-state index in [1.165, 1.54) is 5.57 Å². The zero-order chi connectivity index (χ0) is 17.4. The second kappa shape index (κ2) is 6.66. The molecule has 1 saturated carbocycles. The number of likely N-dealkylation sites (tertiary alicyclic amines) is 1. The van der Waals surface area contributed by atoms with Gasteiger partial charge in [-0.2, -0.15) is 0 Å². The molecule has 1 aliphatic carbocycles. The van der Waals surface area contributed by atoms with Crippen LogP contribution in [0.25, 0.3) is 0 Å². The molecule has 2 amide bonds. The van der Waals surface area contributed by atoms with E-state index >= 15 is 0 Å². The highest BCUT2D eigenvalue weighted by molar-refractivity contribution is 5.84. The maximum absolute atomic E-state index is 12.6. The van der Waals surface area contributed by atoms with Gasteiger partial charge in [-0.1, -0.05) is 39.3 Å². The molecular weight excluding hydrogens is 288 g/mol. The molecular formula is C19H32N2O2. The molecule has 4 heteroatoms. The molecule has 0 spiro atoms. The summed E-state index contributed by atoms with van der Waals surface area (Å²) in [6, 6.07) is 0.211. The fourth-order valence-electron chi connectivity index (χ4n) is 3.75. The molecule has 1 saturated heterocycles.